The van der Waals surface area contributed by atoms with Crippen molar-refractivity contribution in [3.05, 3.63) is 41.3 Å². The fourth-order valence-corrected chi connectivity index (χ4v) is 3.70. The Labute approximate surface area is 155 Å². The van der Waals surface area contributed by atoms with Gasteiger partial charge >= 0.3 is 0 Å². The fraction of sp³-hybridized carbons (Fsp3) is 0.500. The summed E-state index contributed by atoms with van der Waals surface area (Å²) in [5, 5.41) is 8.07. The van der Waals surface area contributed by atoms with E-state index < -0.39 is 11.6 Å². The van der Waals surface area contributed by atoms with Gasteiger partial charge in [-0.05, 0) is 18.9 Å². The van der Waals surface area contributed by atoms with Crippen molar-refractivity contribution in [1.29, 1.82) is 0 Å². The summed E-state index contributed by atoms with van der Waals surface area (Å²) in [6, 6.07) is 3.41. The van der Waals surface area contributed by atoms with Crippen LogP contribution in [-0.4, -0.2) is 32.8 Å². The zero-order valence-corrected chi connectivity index (χ0v) is 15.8. The topological polar surface area (TPSA) is 59.2 Å². The molecule has 1 fully saturated rings. The third-order valence-corrected chi connectivity index (χ3v) is 5.24. The number of benzene rings is 1. The van der Waals surface area contributed by atoms with Gasteiger partial charge in [0, 0.05) is 30.1 Å². The van der Waals surface area contributed by atoms with Crippen LogP contribution in [0.5, 0.6) is 0 Å². The molecule has 1 atom stereocenters. The fourth-order valence-electron chi connectivity index (χ4n) is 2.71. The summed E-state index contributed by atoms with van der Waals surface area (Å²) in [6.07, 6.45) is 1.49. The molecule has 2 heterocycles. The number of thioether (sulfide) groups is 1. The average Bonchev–Trinajstić information content (AvgIpc) is 3.02. The average molecular weight is 381 g/mol. The van der Waals surface area contributed by atoms with E-state index in [2.05, 4.69) is 10.2 Å². The van der Waals surface area contributed by atoms with Crippen molar-refractivity contribution < 1.29 is 18.0 Å². The minimum absolute atomic E-state index is 0.0968. The number of carbonyl (C=O) groups excluding carboxylic acids is 1. The zero-order valence-electron chi connectivity index (χ0n) is 15.0. The molecule has 1 aromatic carbocycles. The molecule has 140 valence electrons. The standard InChI is InChI=1S/C18H21F2N3O2S/c1-18(2,3)16-21-22-17(25-16)26-14-5-4-8-23(15(14)24)10-11-6-7-12(19)9-13(11)20/h6-7,9,14H,4-5,8,10H2,1-3H3. The Bertz CT molecular complexity index is 804. The Morgan fingerprint density at radius 2 is 2.08 bits per heavy atom. The first kappa shape index (κ1) is 18.8. The van der Waals surface area contributed by atoms with Crippen LogP contribution in [0.25, 0.3) is 0 Å². The van der Waals surface area contributed by atoms with Crippen LogP contribution in [-0.2, 0) is 16.8 Å². The summed E-state index contributed by atoms with van der Waals surface area (Å²) in [6.45, 7) is 6.59. The number of amides is 1. The summed E-state index contributed by atoms with van der Waals surface area (Å²) in [4.78, 5) is 14.3. The van der Waals surface area contributed by atoms with Crippen LogP contribution < -0.4 is 0 Å². The molecule has 1 saturated heterocycles. The van der Waals surface area contributed by atoms with E-state index in [0.29, 0.717) is 29.6 Å². The Morgan fingerprint density at radius 3 is 2.73 bits per heavy atom. The van der Waals surface area contributed by atoms with E-state index in [1.54, 1.807) is 4.90 Å². The lowest BCUT2D eigenvalue weighted by atomic mass is 9.97. The Balaban J connectivity index is 1.68. The monoisotopic (exact) mass is 381 g/mol. The molecule has 1 aliphatic rings. The lowest BCUT2D eigenvalue weighted by Gasteiger charge is -2.31. The number of likely N-dealkylation sites (tertiary alicyclic amines) is 1. The molecule has 2 aromatic rings. The molecule has 0 spiro atoms. The van der Waals surface area contributed by atoms with Crippen LogP contribution in [0, 0.1) is 11.6 Å². The molecule has 8 heteroatoms. The summed E-state index contributed by atoms with van der Waals surface area (Å²) in [5.41, 5.74) is 0.0485. The number of halogens is 2. The van der Waals surface area contributed by atoms with Crippen LogP contribution in [0.2, 0.25) is 0 Å². The van der Waals surface area contributed by atoms with Crippen molar-refractivity contribution in [2.45, 2.75) is 56.0 Å². The summed E-state index contributed by atoms with van der Waals surface area (Å²) < 4.78 is 32.6. The molecule has 1 aromatic heterocycles. The number of nitrogens with zero attached hydrogens (tertiary/aromatic N) is 3. The van der Waals surface area contributed by atoms with Crippen molar-refractivity contribution in [1.82, 2.24) is 15.1 Å². The summed E-state index contributed by atoms with van der Waals surface area (Å²) in [7, 11) is 0. The predicted octanol–water partition coefficient (Wildman–Crippen LogP) is 3.93. The minimum Gasteiger partial charge on any atom is -0.415 e. The number of aromatic nitrogens is 2. The van der Waals surface area contributed by atoms with Gasteiger partial charge < -0.3 is 9.32 Å². The Hall–Kier alpha value is -1.96. The highest BCUT2D eigenvalue weighted by Gasteiger charge is 2.32. The van der Waals surface area contributed by atoms with Crippen LogP contribution in [0.1, 0.15) is 45.1 Å². The lowest BCUT2D eigenvalue weighted by molar-refractivity contribution is -0.133. The van der Waals surface area contributed by atoms with Gasteiger partial charge in [-0.1, -0.05) is 38.6 Å². The molecule has 0 radical (unpaired) electrons. The zero-order chi connectivity index (χ0) is 18.9. The van der Waals surface area contributed by atoms with Gasteiger partial charge in [0.05, 0.1) is 5.25 Å². The second-order valence-electron chi connectivity index (χ2n) is 7.37. The van der Waals surface area contributed by atoms with Gasteiger partial charge in [0.25, 0.3) is 5.22 Å². The number of rotatable bonds is 4. The van der Waals surface area contributed by atoms with Crippen molar-refractivity contribution in [2.24, 2.45) is 0 Å². The molecule has 1 aliphatic heterocycles. The highest BCUT2D eigenvalue weighted by molar-refractivity contribution is 8.00. The van der Waals surface area contributed by atoms with Crippen LogP contribution in [0.15, 0.2) is 27.8 Å². The second kappa shape index (κ2) is 7.34. The number of hydrogen-bond donors (Lipinski definition) is 0. The maximum absolute atomic E-state index is 13.9. The van der Waals surface area contributed by atoms with Crippen molar-refractivity contribution >= 4 is 17.7 Å². The van der Waals surface area contributed by atoms with Gasteiger partial charge in [-0.15, -0.1) is 10.2 Å². The van der Waals surface area contributed by atoms with Gasteiger partial charge in [0.15, 0.2) is 0 Å². The third kappa shape index (κ3) is 4.23. The second-order valence-corrected chi connectivity index (χ2v) is 8.52. The summed E-state index contributed by atoms with van der Waals surface area (Å²) >= 11 is 1.25. The van der Waals surface area contributed by atoms with E-state index in [1.807, 2.05) is 20.8 Å². The van der Waals surface area contributed by atoms with E-state index in [1.165, 1.54) is 23.9 Å². The first-order chi connectivity index (χ1) is 12.2. The maximum atomic E-state index is 13.9. The molecule has 0 aliphatic carbocycles. The molecule has 0 bridgehead atoms. The van der Waals surface area contributed by atoms with E-state index in [9.17, 15) is 13.6 Å². The molecule has 3 rings (SSSR count). The number of piperidine rings is 1. The van der Waals surface area contributed by atoms with Crippen LogP contribution in [0.4, 0.5) is 8.78 Å². The van der Waals surface area contributed by atoms with E-state index in [0.717, 1.165) is 12.5 Å². The first-order valence-electron chi connectivity index (χ1n) is 8.47. The Morgan fingerprint density at radius 1 is 1.31 bits per heavy atom. The Kier molecular flexibility index (Phi) is 5.32. The molecule has 0 saturated carbocycles. The molecule has 0 N–H and O–H groups in total. The van der Waals surface area contributed by atoms with Gasteiger partial charge in [0.2, 0.25) is 11.8 Å². The highest BCUT2D eigenvalue weighted by Crippen LogP contribution is 2.32. The lowest BCUT2D eigenvalue weighted by Crippen LogP contribution is -2.42. The van der Waals surface area contributed by atoms with Crippen LogP contribution >= 0.6 is 11.8 Å². The number of carbonyl (C=O) groups is 1. The van der Waals surface area contributed by atoms with Crippen LogP contribution in [0.3, 0.4) is 0 Å². The molecule has 1 amide bonds. The van der Waals surface area contributed by atoms with Gasteiger partial charge in [-0.3, -0.25) is 4.79 Å². The quantitative estimate of drug-likeness (QED) is 0.803. The molecular weight excluding hydrogens is 360 g/mol. The normalized spacial score (nSPS) is 18.4. The van der Waals surface area contributed by atoms with E-state index in [4.69, 9.17) is 4.42 Å². The maximum Gasteiger partial charge on any atom is 0.277 e. The molecule has 5 nitrogen and oxygen atoms in total. The minimum atomic E-state index is -0.640. The molecular formula is C18H21F2N3O2S. The number of hydrogen-bond acceptors (Lipinski definition) is 5. The van der Waals surface area contributed by atoms with Crippen molar-refractivity contribution in [2.75, 3.05) is 6.54 Å². The molecule has 26 heavy (non-hydrogen) atoms. The SMILES string of the molecule is CC(C)(C)c1nnc(SC2CCCN(Cc3ccc(F)cc3F)C2=O)o1. The van der Waals surface area contributed by atoms with Gasteiger partial charge in [-0.2, -0.15) is 0 Å². The summed E-state index contributed by atoms with van der Waals surface area (Å²) in [5.74, 6) is -0.844. The van der Waals surface area contributed by atoms with Crippen molar-refractivity contribution in [3.8, 4) is 0 Å². The third-order valence-electron chi connectivity index (χ3n) is 4.15. The first-order valence-corrected chi connectivity index (χ1v) is 9.35. The van der Waals surface area contributed by atoms with Gasteiger partial charge in [0.1, 0.15) is 11.6 Å². The van der Waals surface area contributed by atoms with Crippen molar-refractivity contribution in [3.63, 3.8) is 0 Å². The molecule has 1 unspecified atom stereocenters. The largest absolute Gasteiger partial charge is 0.415 e. The highest BCUT2D eigenvalue weighted by atomic mass is 32.2. The predicted molar refractivity (Wildman–Crippen MR) is 93.7 cm³/mol. The van der Waals surface area contributed by atoms with Gasteiger partial charge in [-0.25, -0.2) is 8.78 Å². The van der Waals surface area contributed by atoms with E-state index >= 15 is 0 Å². The van der Waals surface area contributed by atoms with E-state index in [-0.39, 0.29) is 23.1 Å². The smallest absolute Gasteiger partial charge is 0.277 e.